The summed E-state index contributed by atoms with van der Waals surface area (Å²) in [5.41, 5.74) is 5.24. The lowest BCUT2D eigenvalue weighted by Gasteiger charge is -2.19. The number of rotatable bonds is 5. The molecule has 0 fully saturated rings. The van der Waals surface area contributed by atoms with Gasteiger partial charge < -0.3 is 5.32 Å². The fraction of sp³-hybridized carbons (Fsp3) is 0.316. The molecule has 0 aliphatic rings. The van der Waals surface area contributed by atoms with Gasteiger partial charge >= 0.3 is 0 Å². The molecule has 6 nitrogen and oxygen atoms in total. The lowest BCUT2D eigenvalue weighted by Crippen LogP contribution is -2.33. The van der Waals surface area contributed by atoms with Crippen LogP contribution in [0.3, 0.4) is 0 Å². The second kappa shape index (κ2) is 7.75. The Labute approximate surface area is 166 Å². The molecule has 0 spiro atoms. The molecule has 2 aromatic heterocycles. The van der Waals surface area contributed by atoms with Crippen LogP contribution >= 0.6 is 22.7 Å². The molecule has 0 atom stereocenters. The summed E-state index contributed by atoms with van der Waals surface area (Å²) in [4.78, 5) is 27.8. The minimum absolute atomic E-state index is 0.288. The molecule has 0 aliphatic carbocycles. The number of carbonyl (C=O) groups excluding carboxylic acids is 1. The maximum Gasteiger partial charge on any atom is 0.274 e. The lowest BCUT2D eigenvalue weighted by atomic mass is 10.2. The number of aromatic nitrogens is 2. The summed E-state index contributed by atoms with van der Waals surface area (Å²) in [5.74, 6) is -0.288. The fourth-order valence-corrected chi connectivity index (χ4v) is 4.00. The topological polar surface area (TPSA) is 76.1 Å². The van der Waals surface area contributed by atoms with E-state index in [2.05, 4.69) is 20.8 Å². The molecule has 0 unspecified atom stereocenters. The van der Waals surface area contributed by atoms with E-state index in [4.69, 9.17) is 4.84 Å². The van der Waals surface area contributed by atoms with Crippen molar-refractivity contribution in [3.8, 4) is 10.6 Å². The van der Waals surface area contributed by atoms with Crippen molar-refractivity contribution in [2.75, 3.05) is 5.32 Å². The number of nitrogens with zero attached hydrogens (tertiary/aromatic N) is 2. The zero-order chi connectivity index (χ0) is 19.6. The summed E-state index contributed by atoms with van der Waals surface area (Å²) in [6.45, 7) is 9.60. The van der Waals surface area contributed by atoms with Crippen LogP contribution in [0.5, 0.6) is 0 Å². The van der Waals surface area contributed by atoms with E-state index in [1.165, 1.54) is 11.3 Å². The summed E-state index contributed by atoms with van der Waals surface area (Å²) < 4.78 is 0. The van der Waals surface area contributed by atoms with Crippen molar-refractivity contribution < 1.29 is 9.63 Å². The predicted octanol–water partition coefficient (Wildman–Crippen LogP) is 5.09. The van der Waals surface area contributed by atoms with Crippen LogP contribution in [-0.4, -0.2) is 21.5 Å². The van der Waals surface area contributed by atoms with Gasteiger partial charge in [0.15, 0.2) is 5.13 Å². The standard InChI is InChI=1S/C19H22N4O2S2/c1-11-16(27-12(2)20-11)15-10-26-18(22-15)21-14-8-6-7-13(9-14)17(24)23-25-19(3,4)5/h6-10H,1-5H3,(H,21,22)(H,23,24). The Kier molecular flexibility index (Phi) is 5.59. The van der Waals surface area contributed by atoms with E-state index in [1.54, 1.807) is 23.5 Å². The minimum atomic E-state index is -0.448. The van der Waals surface area contributed by atoms with Crippen molar-refractivity contribution in [3.63, 3.8) is 0 Å². The Morgan fingerprint density at radius 3 is 2.63 bits per heavy atom. The molecule has 2 N–H and O–H groups in total. The van der Waals surface area contributed by atoms with Gasteiger partial charge in [-0.1, -0.05) is 6.07 Å². The van der Waals surface area contributed by atoms with E-state index < -0.39 is 5.60 Å². The first-order valence-electron chi connectivity index (χ1n) is 8.46. The molecule has 1 amide bonds. The number of anilines is 2. The first kappa shape index (κ1) is 19.5. The zero-order valence-electron chi connectivity index (χ0n) is 15.9. The second-order valence-electron chi connectivity index (χ2n) is 7.04. The maximum atomic E-state index is 12.2. The Bertz CT molecular complexity index is 957. The van der Waals surface area contributed by atoms with Gasteiger partial charge in [-0.25, -0.2) is 15.4 Å². The number of aryl methyl sites for hydroxylation is 2. The molecule has 2 heterocycles. The van der Waals surface area contributed by atoms with Crippen LogP contribution in [0.4, 0.5) is 10.8 Å². The molecule has 0 radical (unpaired) electrons. The highest BCUT2D eigenvalue weighted by Crippen LogP contribution is 2.33. The Balaban J connectivity index is 1.72. The van der Waals surface area contributed by atoms with E-state index in [1.807, 2.05) is 52.1 Å². The first-order chi connectivity index (χ1) is 12.7. The van der Waals surface area contributed by atoms with Gasteiger partial charge in [0.1, 0.15) is 0 Å². The molecule has 0 saturated heterocycles. The predicted molar refractivity (Wildman–Crippen MR) is 111 cm³/mol. The minimum Gasteiger partial charge on any atom is -0.332 e. The zero-order valence-corrected chi connectivity index (χ0v) is 17.5. The van der Waals surface area contributed by atoms with Gasteiger partial charge in [0.2, 0.25) is 0 Å². The molecule has 27 heavy (non-hydrogen) atoms. The summed E-state index contributed by atoms with van der Waals surface area (Å²) in [7, 11) is 0. The Morgan fingerprint density at radius 2 is 1.96 bits per heavy atom. The molecule has 0 saturated carbocycles. The van der Waals surface area contributed by atoms with Crippen molar-refractivity contribution in [3.05, 3.63) is 45.9 Å². The molecule has 1 aromatic carbocycles. The molecule has 0 bridgehead atoms. The third-order valence-electron chi connectivity index (χ3n) is 3.47. The highest BCUT2D eigenvalue weighted by atomic mass is 32.1. The summed E-state index contributed by atoms with van der Waals surface area (Å²) in [5, 5.41) is 7.06. The number of amides is 1. The number of carbonyl (C=O) groups is 1. The number of benzene rings is 1. The smallest absolute Gasteiger partial charge is 0.274 e. The Morgan fingerprint density at radius 1 is 1.19 bits per heavy atom. The number of nitrogens with one attached hydrogen (secondary N) is 2. The van der Waals surface area contributed by atoms with Gasteiger partial charge in [-0.2, -0.15) is 0 Å². The van der Waals surface area contributed by atoms with Crippen LogP contribution in [0, 0.1) is 13.8 Å². The molecule has 8 heteroatoms. The third-order valence-corrected chi connectivity index (χ3v) is 5.32. The van der Waals surface area contributed by atoms with Crippen LogP contribution in [-0.2, 0) is 4.84 Å². The molecule has 0 aliphatic heterocycles. The quantitative estimate of drug-likeness (QED) is 0.582. The number of thiazole rings is 2. The van der Waals surface area contributed by atoms with Crippen LogP contribution < -0.4 is 10.8 Å². The normalized spacial score (nSPS) is 11.4. The second-order valence-corrected chi connectivity index (χ2v) is 9.10. The molecule has 142 valence electrons. The van der Waals surface area contributed by atoms with Gasteiger partial charge in [0.05, 0.1) is 26.9 Å². The van der Waals surface area contributed by atoms with Crippen molar-refractivity contribution in [1.29, 1.82) is 0 Å². The molecular weight excluding hydrogens is 380 g/mol. The molecule has 3 aromatic rings. The van der Waals surface area contributed by atoms with E-state index in [9.17, 15) is 4.79 Å². The first-order valence-corrected chi connectivity index (χ1v) is 10.2. The van der Waals surface area contributed by atoms with E-state index in [0.717, 1.165) is 32.1 Å². The summed E-state index contributed by atoms with van der Waals surface area (Å²) >= 11 is 3.16. The monoisotopic (exact) mass is 402 g/mol. The van der Waals surface area contributed by atoms with Gasteiger partial charge in [-0.15, -0.1) is 22.7 Å². The van der Waals surface area contributed by atoms with E-state index in [-0.39, 0.29) is 5.91 Å². The van der Waals surface area contributed by atoms with Gasteiger partial charge in [-0.05, 0) is 52.8 Å². The van der Waals surface area contributed by atoms with Gasteiger partial charge in [0.25, 0.3) is 5.91 Å². The number of hydrogen-bond acceptors (Lipinski definition) is 7. The van der Waals surface area contributed by atoms with Crippen LogP contribution in [0.25, 0.3) is 10.6 Å². The molecule has 3 rings (SSSR count). The summed E-state index contributed by atoms with van der Waals surface area (Å²) in [6.07, 6.45) is 0. The van der Waals surface area contributed by atoms with Gasteiger partial charge in [-0.3, -0.25) is 9.63 Å². The van der Waals surface area contributed by atoms with Crippen molar-refractivity contribution in [2.24, 2.45) is 0 Å². The number of hydrogen-bond donors (Lipinski definition) is 2. The van der Waals surface area contributed by atoms with E-state index >= 15 is 0 Å². The largest absolute Gasteiger partial charge is 0.332 e. The lowest BCUT2D eigenvalue weighted by molar-refractivity contribution is -0.0589. The highest BCUT2D eigenvalue weighted by molar-refractivity contribution is 7.16. The fourth-order valence-electron chi connectivity index (χ4n) is 2.32. The van der Waals surface area contributed by atoms with Crippen molar-refractivity contribution in [2.45, 2.75) is 40.2 Å². The Hall–Kier alpha value is -2.29. The number of hydroxylamine groups is 1. The highest BCUT2D eigenvalue weighted by Gasteiger charge is 2.15. The molecular formula is C19H22N4O2S2. The van der Waals surface area contributed by atoms with E-state index in [0.29, 0.717) is 5.56 Å². The average Bonchev–Trinajstić information content (AvgIpc) is 3.18. The van der Waals surface area contributed by atoms with Crippen molar-refractivity contribution >= 4 is 39.4 Å². The summed E-state index contributed by atoms with van der Waals surface area (Å²) in [6, 6.07) is 7.22. The average molecular weight is 403 g/mol. The van der Waals surface area contributed by atoms with Crippen LogP contribution in [0.1, 0.15) is 41.8 Å². The third kappa shape index (κ3) is 5.12. The SMILES string of the molecule is Cc1nc(C)c(-c2csc(Nc3cccc(C(=O)NOC(C)(C)C)c3)n2)s1. The van der Waals surface area contributed by atoms with Crippen molar-refractivity contribution in [1.82, 2.24) is 15.4 Å². The maximum absolute atomic E-state index is 12.2. The van der Waals surface area contributed by atoms with Gasteiger partial charge in [0, 0.05) is 16.6 Å². The van der Waals surface area contributed by atoms with Crippen LogP contribution in [0.2, 0.25) is 0 Å². The van der Waals surface area contributed by atoms with Crippen LogP contribution in [0.15, 0.2) is 29.6 Å².